The number of benzene rings is 3. The lowest BCUT2D eigenvalue weighted by atomic mass is 9.95. The minimum absolute atomic E-state index is 0.349. The molecule has 1 aliphatic rings. The maximum absolute atomic E-state index is 14.2. The number of hydrogen-bond acceptors (Lipinski definition) is 2. The summed E-state index contributed by atoms with van der Waals surface area (Å²) in [5, 5.41) is 2.77. The van der Waals surface area contributed by atoms with Gasteiger partial charge >= 0.3 is 6.09 Å². The zero-order valence-electron chi connectivity index (χ0n) is 14.4. The molecule has 1 saturated heterocycles. The molecule has 2 atom stereocenters. The van der Waals surface area contributed by atoms with Crippen LogP contribution >= 0.6 is 0 Å². The first-order valence-corrected chi connectivity index (χ1v) is 8.59. The fourth-order valence-corrected chi connectivity index (χ4v) is 3.10. The van der Waals surface area contributed by atoms with Gasteiger partial charge in [0.15, 0.2) is 6.10 Å². The van der Waals surface area contributed by atoms with Crippen molar-refractivity contribution in [1.29, 1.82) is 0 Å². The van der Waals surface area contributed by atoms with E-state index in [1.54, 1.807) is 18.2 Å². The number of nitrogens with one attached hydrogen (secondary N) is 1. The van der Waals surface area contributed by atoms with Gasteiger partial charge in [0.25, 0.3) is 0 Å². The Morgan fingerprint density at radius 3 is 2.37 bits per heavy atom. The first kappa shape index (κ1) is 16.9. The fourth-order valence-electron chi connectivity index (χ4n) is 3.10. The molecule has 0 unspecified atom stereocenters. The van der Waals surface area contributed by atoms with Gasteiger partial charge in [0.1, 0.15) is 5.82 Å². The number of ether oxygens (including phenoxy) is 1. The van der Waals surface area contributed by atoms with Gasteiger partial charge < -0.3 is 10.1 Å². The molecule has 1 aliphatic heterocycles. The van der Waals surface area contributed by atoms with Crippen molar-refractivity contribution >= 4 is 6.09 Å². The number of carbonyl (C=O) groups excluding carboxylic acids is 1. The van der Waals surface area contributed by atoms with Crippen LogP contribution in [0.2, 0.25) is 0 Å². The summed E-state index contributed by atoms with van der Waals surface area (Å²) in [5.74, 6) is 5.84. The van der Waals surface area contributed by atoms with Gasteiger partial charge in [0, 0.05) is 16.7 Å². The Morgan fingerprint density at radius 1 is 0.852 bits per heavy atom. The summed E-state index contributed by atoms with van der Waals surface area (Å²) in [6.45, 7) is 0. The third kappa shape index (κ3) is 3.68. The van der Waals surface area contributed by atoms with Gasteiger partial charge in [-0.15, -0.1) is 0 Å². The lowest BCUT2D eigenvalue weighted by Crippen LogP contribution is -2.20. The van der Waals surface area contributed by atoms with E-state index in [1.807, 2.05) is 54.6 Å². The molecule has 4 rings (SSSR count). The number of halogens is 1. The van der Waals surface area contributed by atoms with Crippen LogP contribution in [0.5, 0.6) is 0 Å². The third-order valence-corrected chi connectivity index (χ3v) is 4.39. The molecule has 0 bridgehead atoms. The van der Waals surface area contributed by atoms with E-state index < -0.39 is 24.1 Å². The van der Waals surface area contributed by atoms with E-state index in [-0.39, 0.29) is 0 Å². The molecule has 1 fully saturated rings. The van der Waals surface area contributed by atoms with Crippen molar-refractivity contribution in [2.24, 2.45) is 0 Å². The van der Waals surface area contributed by atoms with E-state index in [9.17, 15) is 9.18 Å². The second-order valence-electron chi connectivity index (χ2n) is 6.21. The van der Waals surface area contributed by atoms with Gasteiger partial charge in [0.05, 0.1) is 6.04 Å². The van der Waals surface area contributed by atoms with Crippen molar-refractivity contribution in [3.05, 3.63) is 107 Å². The van der Waals surface area contributed by atoms with Gasteiger partial charge in [-0.2, -0.15) is 0 Å². The highest BCUT2D eigenvalue weighted by Crippen LogP contribution is 2.37. The average molecular weight is 357 g/mol. The average Bonchev–Trinajstić information content (AvgIpc) is 3.09. The maximum atomic E-state index is 14.2. The standard InChI is InChI=1S/C23H16FNO2/c24-20-12-5-4-11-19(20)22-21(25-23(26)27-22)18-10-6-9-17(15-18)14-13-16-7-2-1-3-8-16/h1-12,15,21-22H,(H,25,26)/t21-,22-/m0/s1. The minimum Gasteiger partial charge on any atom is -0.439 e. The summed E-state index contributed by atoms with van der Waals surface area (Å²) in [6.07, 6.45) is -1.29. The van der Waals surface area contributed by atoms with E-state index in [1.165, 1.54) is 6.07 Å². The summed E-state index contributed by atoms with van der Waals surface area (Å²) < 4.78 is 19.5. The summed E-state index contributed by atoms with van der Waals surface area (Å²) in [7, 11) is 0. The van der Waals surface area contributed by atoms with Crippen LogP contribution in [0.4, 0.5) is 9.18 Å². The highest BCUT2D eigenvalue weighted by molar-refractivity contribution is 5.71. The Bertz CT molecular complexity index is 1040. The van der Waals surface area contributed by atoms with Crippen LogP contribution < -0.4 is 5.32 Å². The van der Waals surface area contributed by atoms with Crippen molar-refractivity contribution in [1.82, 2.24) is 5.32 Å². The molecule has 0 spiro atoms. The molecule has 1 N–H and O–H groups in total. The minimum atomic E-state index is -0.726. The molecular formula is C23H16FNO2. The van der Waals surface area contributed by atoms with Crippen molar-refractivity contribution in [3.8, 4) is 11.8 Å². The Morgan fingerprint density at radius 2 is 1.56 bits per heavy atom. The summed E-state index contributed by atoms with van der Waals surface area (Å²) >= 11 is 0. The molecular weight excluding hydrogens is 341 g/mol. The zero-order valence-corrected chi connectivity index (χ0v) is 14.4. The lowest BCUT2D eigenvalue weighted by Gasteiger charge is -2.18. The van der Waals surface area contributed by atoms with Crippen molar-refractivity contribution in [2.45, 2.75) is 12.1 Å². The molecule has 1 heterocycles. The largest absolute Gasteiger partial charge is 0.439 e. The van der Waals surface area contributed by atoms with Gasteiger partial charge in [-0.1, -0.05) is 60.4 Å². The van der Waals surface area contributed by atoms with Crippen molar-refractivity contribution < 1.29 is 13.9 Å². The predicted molar refractivity (Wildman–Crippen MR) is 100 cm³/mol. The van der Waals surface area contributed by atoms with Crippen LogP contribution in [0.15, 0.2) is 78.9 Å². The summed E-state index contributed by atoms with van der Waals surface area (Å²) in [5.41, 5.74) is 2.89. The van der Waals surface area contributed by atoms with Crippen molar-refractivity contribution in [2.75, 3.05) is 0 Å². The first-order chi connectivity index (χ1) is 13.2. The Balaban J connectivity index is 1.65. The normalized spacial score (nSPS) is 18.2. The van der Waals surface area contributed by atoms with Crippen LogP contribution in [0, 0.1) is 17.7 Å². The lowest BCUT2D eigenvalue weighted by molar-refractivity contribution is 0.130. The van der Waals surface area contributed by atoms with Crippen LogP contribution in [-0.2, 0) is 4.74 Å². The van der Waals surface area contributed by atoms with Gasteiger partial charge in [-0.25, -0.2) is 9.18 Å². The molecule has 0 aromatic heterocycles. The number of rotatable bonds is 2. The van der Waals surface area contributed by atoms with E-state index >= 15 is 0 Å². The van der Waals surface area contributed by atoms with E-state index in [2.05, 4.69) is 17.2 Å². The monoisotopic (exact) mass is 357 g/mol. The maximum Gasteiger partial charge on any atom is 0.408 e. The number of alkyl carbamates (subject to hydrolysis) is 1. The van der Waals surface area contributed by atoms with E-state index in [0.29, 0.717) is 5.56 Å². The molecule has 0 radical (unpaired) electrons. The van der Waals surface area contributed by atoms with Crippen LogP contribution in [0.1, 0.15) is 34.4 Å². The van der Waals surface area contributed by atoms with E-state index in [0.717, 1.165) is 16.7 Å². The second kappa shape index (κ2) is 7.35. The molecule has 132 valence electrons. The highest BCUT2D eigenvalue weighted by Gasteiger charge is 2.37. The zero-order chi connectivity index (χ0) is 18.6. The molecule has 3 nitrogen and oxygen atoms in total. The summed E-state index contributed by atoms with van der Waals surface area (Å²) in [4.78, 5) is 11.8. The van der Waals surface area contributed by atoms with E-state index in [4.69, 9.17) is 4.74 Å². The third-order valence-electron chi connectivity index (χ3n) is 4.39. The number of cyclic esters (lactones) is 1. The van der Waals surface area contributed by atoms with Crippen LogP contribution in [0.3, 0.4) is 0 Å². The summed E-state index contributed by atoms with van der Waals surface area (Å²) in [6, 6.07) is 23.1. The molecule has 0 saturated carbocycles. The Kier molecular flexibility index (Phi) is 4.59. The smallest absolute Gasteiger partial charge is 0.408 e. The van der Waals surface area contributed by atoms with Gasteiger partial charge in [0.2, 0.25) is 0 Å². The van der Waals surface area contributed by atoms with Crippen molar-refractivity contribution in [3.63, 3.8) is 0 Å². The fraction of sp³-hybridized carbons (Fsp3) is 0.0870. The van der Waals surface area contributed by atoms with Crippen LogP contribution in [0.25, 0.3) is 0 Å². The topological polar surface area (TPSA) is 38.3 Å². The number of hydrogen-bond donors (Lipinski definition) is 1. The quantitative estimate of drug-likeness (QED) is 0.672. The van der Waals surface area contributed by atoms with Gasteiger partial charge in [-0.05, 0) is 35.9 Å². The van der Waals surface area contributed by atoms with Crippen LogP contribution in [-0.4, -0.2) is 6.09 Å². The number of amides is 1. The molecule has 0 aliphatic carbocycles. The molecule has 3 aromatic rings. The predicted octanol–water partition coefficient (Wildman–Crippen LogP) is 4.75. The SMILES string of the molecule is O=C1N[C@@H](c2cccc(C#Cc3ccccc3)c2)[C@H](c2ccccc2F)O1. The molecule has 27 heavy (non-hydrogen) atoms. The highest BCUT2D eigenvalue weighted by atomic mass is 19.1. The Labute approximate surface area is 156 Å². The molecule has 4 heteroatoms. The molecule has 3 aromatic carbocycles. The second-order valence-corrected chi connectivity index (χ2v) is 6.21. The van der Waals surface area contributed by atoms with Gasteiger partial charge in [-0.3, -0.25) is 0 Å². The molecule has 1 amide bonds. The first-order valence-electron chi connectivity index (χ1n) is 8.59. The Hall–Kier alpha value is -3.58. The number of carbonyl (C=O) groups is 1.